The van der Waals surface area contributed by atoms with Crippen LogP contribution in [-0.4, -0.2) is 35.6 Å². The molecule has 0 saturated carbocycles. The zero-order valence-electron chi connectivity index (χ0n) is 15.7. The van der Waals surface area contributed by atoms with E-state index in [1.807, 2.05) is 42.5 Å². The minimum Gasteiger partial charge on any atom is -0.492 e. The van der Waals surface area contributed by atoms with Crippen LogP contribution in [0.3, 0.4) is 0 Å². The van der Waals surface area contributed by atoms with Crippen molar-refractivity contribution in [2.24, 2.45) is 5.10 Å². The Labute approximate surface area is 162 Å². The first-order chi connectivity index (χ1) is 13.8. The van der Waals surface area contributed by atoms with Gasteiger partial charge in [0.2, 0.25) is 5.95 Å². The van der Waals surface area contributed by atoms with Crippen LogP contribution < -0.4 is 15.7 Å². The number of benzene rings is 2. The molecule has 1 N–H and O–H groups in total. The maximum Gasteiger partial charge on any atom is 0.262 e. The van der Waals surface area contributed by atoms with Crippen LogP contribution in [-0.2, 0) is 11.3 Å². The Bertz CT molecular complexity index is 1070. The predicted octanol–water partition coefficient (Wildman–Crippen LogP) is 3.03. The van der Waals surface area contributed by atoms with Gasteiger partial charge in [0, 0.05) is 32.2 Å². The molecule has 0 unspecified atom stereocenters. The number of hydrogen-bond acceptors (Lipinski definition) is 6. The minimum atomic E-state index is -0.0863. The largest absolute Gasteiger partial charge is 0.492 e. The van der Waals surface area contributed by atoms with Crippen molar-refractivity contribution in [1.82, 2.24) is 9.55 Å². The van der Waals surface area contributed by atoms with Crippen molar-refractivity contribution in [3.63, 3.8) is 0 Å². The molecule has 28 heavy (non-hydrogen) atoms. The van der Waals surface area contributed by atoms with Gasteiger partial charge in [0.05, 0.1) is 23.2 Å². The van der Waals surface area contributed by atoms with Gasteiger partial charge in [-0.15, -0.1) is 0 Å². The number of fused-ring (bicyclic) bond motifs is 2. The average molecular weight is 378 g/mol. The fourth-order valence-electron chi connectivity index (χ4n) is 3.28. The minimum absolute atomic E-state index is 0.0863. The molecule has 0 fully saturated rings. The molecule has 144 valence electrons. The van der Waals surface area contributed by atoms with E-state index < -0.39 is 0 Å². The third kappa shape index (κ3) is 3.61. The van der Waals surface area contributed by atoms with Gasteiger partial charge in [0.1, 0.15) is 5.75 Å². The molecule has 0 spiro atoms. The molecule has 0 bridgehead atoms. The van der Waals surface area contributed by atoms with Gasteiger partial charge in [-0.25, -0.2) is 10.4 Å². The second kappa shape index (κ2) is 8.22. The second-order valence-corrected chi connectivity index (χ2v) is 6.52. The monoisotopic (exact) mass is 378 g/mol. The molecule has 2 aromatic carbocycles. The number of nitrogens with one attached hydrogen (secondary N) is 1. The van der Waals surface area contributed by atoms with E-state index >= 15 is 0 Å². The number of rotatable bonds is 6. The molecule has 0 atom stereocenters. The lowest BCUT2D eigenvalue weighted by atomic mass is 10.0. The number of para-hydroxylation sites is 2. The summed E-state index contributed by atoms with van der Waals surface area (Å²) < 4.78 is 12.4. The van der Waals surface area contributed by atoms with Crippen LogP contribution in [0.1, 0.15) is 18.4 Å². The number of methoxy groups -OCH3 is 1. The van der Waals surface area contributed by atoms with Gasteiger partial charge in [-0.05, 0) is 30.7 Å². The second-order valence-electron chi connectivity index (χ2n) is 6.52. The van der Waals surface area contributed by atoms with Crippen LogP contribution in [0.5, 0.6) is 5.75 Å². The van der Waals surface area contributed by atoms with Crippen LogP contribution in [0, 0.1) is 0 Å². The first-order valence-corrected chi connectivity index (χ1v) is 9.31. The Morgan fingerprint density at radius 3 is 2.93 bits per heavy atom. The van der Waals surface area contributed by atoms with Crippen molar-refractivity contribution in [3.8, 4) is 5.75 Å². The van der Waals surface area contributed by atoms with E-state index in [-0.39, 0.29) is 5.56 Å². The summed E-state index contributed by atoms with van der Waals surface area (Å²) in [4.78, 5) is 17.6. The molecule has 7 heteroatoms. The number of hydrazone groups is 1. The Morgan fingerprint density at radius 2 is 2.04 bits per heavy atom. The SMILES string of the molecule is COCCCn1c(N/N=C2/CCOc3ccccc32)nc2ccccc2c1=O. The normalized spacial score (nSPS) is 14.7. The summed E-state index contributed by atoms with van der Waals surface area (Å²) >= 11 is 0. The average Bonchev–Trinajstić information content (AvgIpc) is 2.74. The van der Waals surface area contributed by atoms with Gasteiger partial charge in [-0.3, -0.25) is 9.36 Å². The van der Waals surface area contributed by atoms with Crippen LogP contribution in [0.4, 0.5) is 5.95 Å². The quantitative estimate of drug-likeness (QED) is 0.527. The molecule has 0 saturated heterocycles. The van der Waals surface area contributed by atoms with E-state index in [2.05, 4.69) is 15.5 Å². The molecule has 3 aromatic rings. The van der Waals surface area contributed by atoms with Crippen LogP contribution >= 0.6 is 0 Å². The summed E-state index contributed by atoms with van der Waals surface area (Å²) in [5.74, 6) is 1.24. The Morgan fingerprint density at radius 1 is 1.21 bits per heavy atom. The summed E-state index contributed by atoms with van der Waals surface area (Å²) in [5.41, 5.74) is 5.42. The van der Waals surface area contributed by atoms with Crippen molar-refractivity contribution in [1.29, 1.82) is 0 Å². The predicted molar refractivity (Wildman–Crippen MR) is 109 cm³/mol. The molecule has 1 aliphatic rings. The van der Waals surface area contributed by atoms with Gasteiger partial charge in [-0.1, -0.05) is 24.3 Å². The number of nitrogens with zero attached hydrogens (tertiary/aromatic N) is 3. The number of hydrogen-bond donors (Lipinski definition) is 1. The van der Waals surface area contributed by atoms with Gasteiger partial charge in [-0.2, -0.15) is 5.10 Å². The maximum atomic E-state index is 13.0. The number of anilines is 1. The number of ether oxygens (including phenoxy) is 2. The third-order valence-electron chi connectivity index (χ3n) is 4.68. The van der Waals surface area contributed by atoms with E-state index in [4.69, 9.17) is 9.47 Å². The smallest absolute Gasteiger partial charge is 0.262 e. The first-order valence-electron chi connectivity index (χ1n) is 9.31. The zero-order valence-corrected chi connectivity index (χ0v) is 15.7. The van der Waals surface area contributed by atoms with Crippen molar-refractivity contribution >= 4 is 22.6 Å². The third-order valence-corrected chi connectivity index (χ3v) is 4.68. The standard InChI is InChI=1S/C21H22N4O3/c1-27-13-6-12-25-20(26)16-8-2-4-9-17(16)22-21(25)24-23-18-11-14-28-19-10-5-3-7-15(18)19/h2-5,7-10H,6,11-14H2,1H3,(H,22,24)/b23-18-. The highest BCUT2D eigenvalue weighted by Crippen LogP contribution is 2.24. The van der Waals surface area contributed by atoms with Crippen molar-refractivity contribution in [3.05, 3.63) is 64.4 Å². The fourth-order valence-corrected chi connectivity index (χ4v) is 3.28. The van der Waals surface area contributed by atoms with E-state index in [1.165, 1.54) is 0 Å². The molecule has 7 nitrogen and oxygen atoms in total. The number of aromatic nitrogens is 2. The topological polar surface area (TPSA) is 77.7 Å². The van der Waals surface area contributed by atoms with Crippen LogP contribution in [0.25, 0.3) is 10.9 Å². The van der Waals surface area contributed by atoms with E-state index in [0.29, 0.717) is 49.5 Å². The van der Waals surface area contributed by atoms with Crippen molar-refractivity contribution in [2.75, 3.05) is 25.7 Å². The highest BCUT2D eigenvalue weighted by atomic mass is 16.5. The van der Waals surface area contributed by atoms with E-state index in [1.54, 1.807) is 17.7 Å². The fraction of sp³-hybridized carbons (Fsp3) is 0.286. The lowest BCUT2D eigenvalue weighted by molar-refractivity contribution is 0.190. The lowest BCUT2D eigenvalue weighted by Gasteiger charge is -2.19. The summed E-state index contributed by atoms with van der Waals surface area (Å²) in [7, 11) is 1.65. The molecule has 1 aliphatic heterocycles. The first kappa shape index (κ1) is 18.2. The Hall–Kier alpha value is -3.19. The summed E-state index contributed by atoms with van der Waals surface area (Å²) in [6, 6.07) is 15.1. The summed E-state index contributed by atoms with van der Waals surface area (Å²) in [5, 5.41) is 5.16. The van der Waals surface area contributed by atoms with Gasteiger partial charge >= 0.3 is 0 Å². The van der Waals surface area contributed by atoms with E-state index in [9.17, 15) is 4.79 Å². The molecule has 0 amide bonds. The summed E-state index contributed by atoms with van der Waals surface area (Å²) in [6.07, 6.45) is 1.39. The van der Waals surface area contributed by atoms with Crippen molar-refractivity contribution < 1.29 is 9.47 Å². The van der Waals surface area contributed by atoms with Crippen LogP contribution in [0.2, 0.25) is 0 Å². The van der Waals surface area contributed by atoms with Gasteiger partial charge < -0.3 is 9.47 Å². The zero-order chi connectivity index (χ0) is 19.3. The highest BCUT2D eigenvalue weighted by molar-refractivity contribution is 6.04. The van der Waals surface area contributed by atoms with Gasteiger partial charge in [0.15, 0.2) is 0 Å². The lowest BCUT2D eigenvalue weighted by Crippen LogP contribution is -2.25. The highest BCUT2D eigenvalue weighted by Gasteiger charge is 2.17. The molecule has 0 aliphatic carbocycles. The molecular formula is C21H22N4O3. The molecule has 0 radical (unpaired) electrons. The Kier molecular flexibility index (Phi) is 5.34. The molecule has 4 rings (SSSR count). The molecule has 2 heterocycles. The van der Waals surface area contributed by atoms with Gasteiger partial charge in [0.25, 0.3) is 5.56 Å². The van der Waals surface area contributed by atoms with E-state index in [0.717, 1.165) is 17.0 Å². The molecule has 1 aromatic heterocycles. The van der Waals surface area contributed by atoms with Crippen molar-refractivity contribution in [2.45, 2.75) is 19.4 Å². The maximum absolute atomic E-state index is 13.0. The summed E-state index contributed by atoms with van der Waals surface area (Å²) in [6.45, 7) is 1.64. The Balaban J connectivity index is 1.72. The molecular weight excluding hydrogens is 356 g/mol. The van der Waals surface area contributed by atoms with Crippen LogP contribution in [0.15, 0.2) is 58.4 Å².